The summed E-state index contributed by atoms with van der Waals surface area (Å²) < 4.78 is 23.7. The van der Waals surface area contributed by atoms with Gasteiger partial charge in [0.25, 0.3) is 5.91 Å². The Balaban J connectivity index is 1.23. The second kappa shape index (κ2) is 10.3. The average molecular weight is 514 g/mol. The van der Waals surface area contributed by atoms with Crippen molar-refractivity contribution in [3.8, 4) is 0 Å². The van der Waals surface area contributed by atoms with Crippen LogP contribution in [0, 0.1) is 11.8 Å². The molecule has 1 aliphatic carbocycles. The Kier molecular flexibility index (Phi) is 7.27. The normalized spacial score (nSPS) is 29.6. The van der Waals surface area contributed by atoms with Crippen LogP contribution >= 0.6 is 0 Å². The first kappa shape index (κ1) is 25.5. The first-order chi connectivity index (χ1) is 17.2. The number of nitrogens with one attached hydrogen (secondary N) is 2. The molecule has 4 atom stereocenters. The first-order valence-electron chi connectivity index (χ1n) is 13.6. The van der Waals surface area contributed by atoms with Gasteiger partial charge in [-0.1, -0.05) is 31.6 Å². The third kappa shape index (κ3) is 5.40. The number of nitrogens with zero attached hydrogens (tertiary/aromatic N) is 1. The summed E-state index contributed by atoms with van der Waals surface area (Å²) in [5, 5.41) is 6.70. The topological polar surface area (TPSA) is 95.6 Å². The molecule has 1 aromatic rings. The Morgan fingerprint density at radius 2 is 1.86 bits per heavy atom. The molecule has 3 fully saturated rings. The lowest BCUT2D eigenvalue weighted by molar-refractivity contribution is -0.126. The fourth-order valence-corrected chi connectivity index (χ4v) is 8.22. The summed E-state index contributed by atoms with van der Waals surface area (Å²) in [7, 11) is -2.84. The van der Waals surface area contributed by atoms with E-state index in [-0.39, 0.29) is 11.8 Å². The zero-order valence-corrected chi connectivity index (χ0v) is 22.1. The maximum absolute atomic E-state index is 13.1. The molecule has 3 heterocycles. The SMILES string of the molecule is C=C1CCC(N2Cc3cc(C[C@H]4CCCC[C@@H]4N[C@H](C)C4CCS(=O)(=O)CC4)ccc3C2=O)C(=O)N1. The lowest BCUT2D eigenvalue weighted by atomic mass is 9.79. The number of sulfone groups is 1. The maximum Gasteiger partial charge on any atom is 0.255 e. The minimum absolute atomic E-state index is 0.0512. The van der Waals surface area contributed by atoms with Gasteiger partial charge in [0.05, 0.1) is 11.5 Å². The second-order valence-corrected chi connectivity index (χ2v) is 13.7. The molecule has 3 aliphatic heterocycles. The summed E-state index contributed by atoms with van der Waals surface area (Å²) in [6.45, 7) is 6.55. The van der Waals surface area contributed by atoms with Crippen LogP contribution in [0.25, 0.3) is 0 Å². The lowest BCUT2D eigenvalue weighted by Gasteiger charge is -2.37. The molecule has 1 aromatic carbocycles. The first-order valence-corrected chi connectivity index (χ1v) is 15.4. The number of rotatable bonds is 6. The molecule has 0 spiro atoms. The molecule has 2 saturated heterocycles. The lowest BCUT2D eigenvalue weighted by Crippen LogP contribution is -2.49. The van der Waals surface area contributed by atoms with Gasteiger partial charge in [0.2, 0.25) is 5.91 Å². The molecule has 2 amide bonds. The van der Waals surface area contributed by atoms with Crippen LogP contribution in [0.1, 0.15) is 79.8 Å². The van der Waals surface area contributed by atoms with Gasteiger partial charge in [-0.3, -0.25) is 9.59 Å². The van der Waals surface area contributed by atoms with E-state index in [2.05, 4.69) is 36.3 Å². The molecule has 196 valence electrons. The highest BCUT2D eigenvalue weighted by atomic mass is 32.2. The Bertz CT molecular complexity index is 1130. The molecular formula is C28H39N3O4S. The standard InChI is InChI=1S/C28H39N3O4S/c1-18-7-10-26(27(32)29-18)31-17-23-16-20(8-9-24(23)28(31)33)15-22-5-3-4-6-25(22)30-19(2)21-11-13-36(34,35)14-12-21/h8-9,16,19,21-22,25-26,30H,1,3-7,10-15,17H2,2H3,(H,29,32)/t19-,22-,25+,26?/m1/s1. The van der Waals surface area contributed by atoms with Crippen molar-refractivity contribution in [2.45, 2.75) is 89.4 Å². The summed E-state index contributed by atoms with van der Waals surface area (Å²) in [5.41, 5.74) is 3.71. The molecule has 7 nitrogen and oxygen atoms in total. The van der Waals surface area contributed by atoms with Gasteiger partial charge >= 0.3 is 0 Å². The number of hydrogen-bond acceptors (Lipinski definition) is 5. The van der Waals surface area contributed by atoms with Crippen molar-refractivity contribution in [2.24, 2.45) is 11.8 Å². The Morgan fingerprint density at radius 3 is 2.61 bits per heavy atom. The second-order valence-electron chi connectivity index (χ2n) is 11.4. The smallest absolute Gasteiger partial charge is 0.255 e. The van der Waals surface area contributed by atoms with Crippen molar-refractivity contribution in [1.29, 1.82) is 0 Å². The zero-order chi connectivity index (χ0) is 25.4. The summed E-state index contributed by atoms with van der Waals surface area (Å²) in [6.07, 6.45) is 8.60. The van der Waals surface area contributed by atoms with Crippen LogP contribution in [0.2, 0.25) is 0 Å². The third-order valence-corrected chi connectivity index (χ3v) is 10.6. The molecule has 0 aromatic heterocycles. The van der Waals surface area contributed by atoms with Crippen molar-refractivity contribution in [3.05, 3.63) is 47.2 Å². The molecule has 5 rings (SSSR count). The number of carbonyl (C=O) groups is 2. The van der Waals surface area contributed by atoms with E-state index in [9.17, 15) is 18.0 Å². The van der Waals surface area contributed by atoms with Crippen molar-refractivity contribution in [3.63, 3.8) is 0 Å². The molecule has 0 bridgehead atoms. The number of hydrogen-bond donors (Lipinski definition) is 2. The van der Waals surface area contributed by atoms with Gasteiger partial charge in [-0.2, -0.15) is 0 Å². The van der Waals surface area contributed by atoms with Crippen LogP contribution in [0.15, 0.2) is 30.5 Å². The number of allylic oxidation sites excluding steroid dienone is 1. The van der Waals surface area contributed by atoms with E-state index < -0.39 is 15.9 Å². The van der Waals surface area contributed by atoms with Crippen molar-refractivity contribution in [2.75, 3.05) is 11.5 Å². The summed E-state index contributed by atoms with van der Waals surface area (Å²) in [4.78, 5) is 27.3. The number of benzene rings is 1. The summed E-state index contributed by atoms with van der Waals surface area (Å²) >= 11 is 0. The maximum atomic E-state index is 13.1. The minimum Gasteiger partial charge on any atom is -0.329 e. The third-order valence-electron chi connectivity index (χ3n) is 8.89. The van der Waals surface area contributed by atoms with Crippen LogP contribution in [0.4, 0.5) is 0 Å². The van der Waals surface area contributed by atoms with Gasteiger partial charge in [-0.05, 0) is 80.9 Å². The molecule has 4 aliphatic rings. The van der Waals surface area contributed by atoms with Gasteiger partial charge in [0, 0.05) is 29.9 Å². The van der Waals surface area contributed by atoms with Gasteiger partial charge in [0.15, 0.2) is 0 Å². The van der Waals surface area contributed by atoms with E-state index in [1.54, 1.807) is 4.90 Å². The van der Waals surface area contributed by atoms with Crippen LogP contribution < -0.4 is 10.6 Å². The Hall–Kier alpha value is -2.19. The highest BCUT2D eigenvalue weighted by Gasteiger charge is 2.38. The summed E-state index contributed by atoms with van der Waals surface area (Å²) in [6, 6.07) is 6.52. The number of amides is 2. The van der Waals surface area contributed by atoms with Gasteiger partial charge < -0.3 is 15.5 Å². The van der Waals surface area contributed by atoms with E-state index >= 15 is 0 Å². The molecule has 8 heteroatoms. The van der Waals surface area contributed by atoms with Gasteiger partial charge in [0.1, 0.15) is 15.9 Å². The highest BCUT2D eigenvalue weighted by Crippen LogP contribution is 2.33. The number of fused-ring (bicyclic) bond motifs is 1. The van der Waals surface area contributed by atoms with Gasteiger partial charge in [-0.15, -0.1) is 0 Å². The molecular weight excluding hydrogens is 474 g/mol. The number of carbonyl (C=O) groups excluding carboxylic acids is 2. The summed E-state index contributed by atoms with van der Waals surface area (Å²) in [5.74, 6) is 1.40. The van der Waals surface area contributed by atoms with E-state index in [0.29, 0.717) is 54.8 Å². The fourth-order valence-electron chi connectivity index (χ4n) is 6.69. The number of piperidine rings is 1. The highest BCUT2D eigenvalue weighted by molar-refractivity contribution is 7.91. The van der Waals surface area contributed by atoms with Crippen molar-refractivity contribution >= 4 is 21.7 Å². The van der Waals surface area contributed by atoms with Crippen molar-refractivity contribution in [1.82, 2.24) is 15.5 Å². The van der Waals surface area contributed by atoms with Crippen LogP contribution in [0.3, 0.4) is 0 Å². The predicted octanol–water partition coefficient (Wildman–Crippen LogP) is 3.34. The minimum atomic E-state index is -2.84. The average Bonchev–Trinajstić information content (AvgIpc) is 3.15. The van der Waals surface area contributed by atoms with Crippen molar-refractivity contribution < 1.29 is 18.0 Å². The quantitative estimate of drug-likeness (QED) is 0.608. The monoisotopic (exact) mass is 513 g/mol. The van der Waals surface area contributed by atoms with E-state index in [1.807, 2.05) is 6.07 Å². The zero-order valence-electron chi connectivity index (χ0n) is 21.3. The van der Waals surface area contributed by atoms with E-state index in [4.69, 9.17) is 0 Å². The van der Waals surface area contributed by atoms with Crippen LogP contribution in [-0.2, 0) is 27.6 Å². The fraction of sp³-hybridized carbons (Fsp3) is 0.643. The molecule has 2 N–H and O–H groups in total. The molecule has 1 saturated carbocycles. The predicted molar refractivity (Wildman–Crippen MR) is 140 cm³/mol. The van der Waals surface area contributed by atoms with Crippen LogP contribution in [-0.4, -0.2) is 54.8 Å². The van der Waals surface area contributed by atoms with Gasteiger partial charge in [-0.25, -0.2) is 8.42 Å². The van der Waals surface area contributed by atoms with E-state index in [0.717, 1.165) is 42.5 Å². The molecule has 0 radical (unpaired) electrons. The Morgan fingerprint density at radius 1 is 1.11 bits per heavy atom. The largest absolute Gasteiger partial charge is 0.329 e. The van der Waals surface area contributed by atoms with Crippen LogP contribution in [0.5, 0.6) is 0 Å². The Labute approximate surface area is 215 Å². The molecule has 36 heavy (non-hydrogen) atoms. The molecule has 1 unspecified atom stereocenters. The van der Waals surface area contributed by atoms with E-state index in [1.165, 1.54) is 24.8 Å².